The molecule has 0 amide bonds. The molecule has 0 spiro atoms. The van der Waals surface area contributed by atoms with Crippen LogP contribution in [0.5, 0.6) is 5.75 Å². The number of nitrogens with zero attached hydrogens (tertiary/aromatic N) is 1. The van der Waals surface area contributed by atoms with Crippen LogP contribution in [0.25, 0.3) is 0 Å². The van der Waals surface area contributed by atoms with E-state index in [1.165, 1.54) is 11.3 Å². The molecule has 1 aliphatic heterocycles. The number of aliphatic imine (C=N–C) groups is 1. The summed E-state index contributed by atoms with van der Waals surface area (Å²) in [5, 5.41) is 0. The van der Waals surface area contributed by atoms with E-state index in [1.807, 2.05) is 43.8 Å². The zero-order valence-corrected chi connectivity index (χ0v) is 15.0. The molecule has 3 rings (SSSR count). The summed E-state index contributed by atoms with van der Waals surface area (Å²) in [4.78, 5) is 5.69. The molecule has 0 unspecified atom stereocenters. The maximum absolute atomic E-state index is 5.97. The molecule has 0 saturated carbocycles. The molecule has 1 heterocycles. The van der Waals surface area contributed by atoms with Crippen LogP contribution in [0.2, 0.25) is 0 Å². The Balaban J connectivity index is 1.47. The molecule has 0 N–H and O–H groups in total. The quantitative estimate of drug-likeness (QED) is 0.488. The van der Waals surface area contributed by atoms with Gasteiger partial charge in [0.25, 0.3) is 0 Å². The van der Waals surface area contributed by atoms with Crippen LogP contribution in [0.15, 0.2) is 58.4 Å². The van der Waals surface area contributed by atoms with Crippen LogP contribution in [0.1, 0.15) is 32.3 Å². The third kappa shape index (κ3) is 4.12. The monoisotopic (exact) mass is 341 g/mol. The first kappa shape index (κ1) is 16.9. The lowest BCUT2D eigenvalue weighted by molar-refractivity contribution is 0.0997. The van der Waals surface area contributed by atoms with E-state index in [1.54, 1.807) is 0 Å². The number of ether oxygens (including phenoxy) is 2. The highest BCUT2D eigenvalue weighted by atomic mass is 32.2. The van der Waals surface area contributed by atoms with Gasteiger partial charge in [0.1, 0.15) is 17.0 Å². The Morgan fingerprint density at radius 2 is 1.88 bits per heavy atom. The van der Waals surface area contributed by atoms with Crippen molar-refractivity contribution in [3.05, 3.63) is 54.1 Å². The third-order valence-corrected chi connectivity index (χ3v) is 5.08. The van der Waals surface area contributed by atoms with E-state index in [9.17, 15) is 0 Å². The van der Waals surface area contributed by atoms with Gasteiger partial charge in [0.2, 0.25) is 0 Å². The molecule has 2 aromatic carbocycles. The van der Waals surface area contributed by atoms with Gasteiger partial charge in [0.15, 0.2) is 6.40 Å². The van der Waals surface area contributed by atoms with Crippen LogP contribution < -0.4 is 4.74 Å². The number of fused-ring (bicyclic) bond motifs is 1. The highest BCUT2D eigenvalue weighted by Crippen LogP contribution is 2.41. The molecule has 4 heteroatoms. The zero-order valence-electron chi connectivity index (χ0n) is 14.2. The fraction of sp³-hybridized carbons (Fsp3) is 0.350. The highest BCUT2D eigenvalue weighted by molar-refractivity contribution is 7.99. The summed E-state index contributed by atoms with van der Waals surface area (Å²) in [6.07, 6.45) is 3.69. The number of para-hydroxylation sites is 1. The van der Waals surface area contributed by atoms with Crippen molar-refractivity contribution in [1.29, 1.82) is 0 Å². The largest absolute Gasteiger partial charge is 0.491 e. The van der Waals surface area contributed by atoms with Crippen molar-refractivity contribution in [2.24, 2.45) is 4.99 Å². The molecule has 0 atom stereocenters. The maximum atomic E-state index is 5.97. The molecule has 0 aliphatic carbocycles. The molecule has 126 valence electrons. The number of benzene rings is 2. The highest BCUT2D eigenvalue weighted by Gasteiger charge is 2.29. The van der Waals surface area contributed by atoms with E-state index in [4.69, 9.17) is 9.47 Å². The second-order valence-corrected chi connectivity index (χ2v) is 7.40. The molecular formula is C20H23NO2S. The van der Waals surface area contributed by atoms with Crippen LogP contribution in [-0.4, -0.2) is 18.8 Å². The first-order valence-electron chi connectivity index (χ1n) is 8.31. The van der Waals surface area contributed by atoms with Crippen LogP contribution in [0.4, 0.5) is 5.69 Å². The summed E-state index contributed by atoms with van der Waals surface area (Å²) in [7, 11) is 0. The maximum Gasteiger partial charge on any atom is 0.175 e. The molecule has 0 fully saturated rings. The predicted octanol–water partition coefficient (Wildman–Crippen LogP) is 5.56. The zero-order chi connectivity index (χ0) is 16.8. The van der Waals surface area contributed by atoms with Gasteiger partial charge in [-0.15, -0.1) is 11.8 Å². The van der Waals surface area contributed by atoms with Crippen LogP contribution in [0.3, 0.4) is 0 Å². The Morgan fingerprint density at radius 1 is 1.04 bits per heavy atom. The molecule has 0 radical (unpaired) electrons. The van der Waals surface area contributed by atoms with Crippen molar-refractivity contribution < 1.29 is 9.47 Å². The molecular weight excluding hydrogens is 318 g/mol. The molecule has 0 saturated heterocycles. The van der Waals surface area contributed by atoms with Gasteiger partial charge in [-0.05, 0) is 50.6 Å². The van der Waals surface area contributed by atoms with E-state index in [0.29, 0.717) is 6.61 Å². The first-order chi connectivity index (χ1) is 11.7. The van der Waals surface area contributed by atoms with Crippen LogP contribution >= 0.6 is 11.8 Å². The van der Waals surface area contributed by atoms with Gasteiger partial charge < -0.3 is 9.47 Å². The Labute approximate surface area is 148 Å². The van der Waals surface area contributed by atoms with Gasteiger partial charge >= 0.3 is 0 Å². The van der Waals surface area contributed by atoms with E-state index in [0.717, 1.165) is 35.6 Å². The van der Waals surface area contributed by atoms with Crippen molar-refractivity contribution in [1.82, 2.24) is 0 Å². The molecule has 1 aliphatic rings. The SMILES string of the molecule is CC1(C)OC=Nc2c(OCCCCSc3ccccc3)cccc21. The standard InChI is InChI=1S/C20H23NO2S/c1-20(2)17-11-8-12-18(19(17)21-15-23-20)22-13-6-7-14-24-16-9-4-3-5-10-16/h3-5,8-12,15H,6-7,13-14H2,1-2H3. The van der Waals surface area contributed by atoms with Crippen molar-refractivity contribution in [2.75, 3.05) is 12.4 Å². The van der Waals surface area contributed by atoms with E-state index in [-0.39, 0.29) is 5.60 Å². The second-order valence-electron chi connectivity index (χ2n) is 6.23. The van der Waals surface area contributed by atoms with Crippen molar-refractivity contribution in [3.63, 3.8) is 0 Å². The fourth-order valence-electron chi connectivity index (χ4n) is 2.63. The fourth-order valence-corrected chi connectivity index (χ4v) is 3.56. The lowest BCUT2D eigenvalue weighted by atomic mass is 9.95. The number of rotatable bonds is 7. The van der Waals surface area contributed by atoms with Crippen molar-refractivity contribution >= 4 is 23.8 Å². The van der Waals surface area contributed by atoms with E-state index in [2.05, 4.69) is 35.3 Å². The minimum atomic E-state index is -0.358. The Morgan fingerprint density at radius 3 is 2.71 bits per heavy atom. The van der Waals surface area contributed by atoms with Gasteiger partial charge in [-0.1, -0.05) is 30.3 Å². The first-order valence-corrected chi connectivity index (χ1v) is 9.30. The number of unbranched alkanes of at least 4 members (excludes halogenated alkanes) is 1. The Bertz CT molecular complexity index is 698. The van der Waals surface area contributed by atoms with Gasteiger partial charge in [-0.2, -0.15) is 0 Å². The summed E-state index contributed by atoms with van der Waals surface area (Å²) < 4.78 is 11.6. The smallest absolute Gasteiger partial charge is 0.175 e. The summed E-state index contributed by atoms with van der Waals surface area (Å²) in [5.41, 5.74) is 1.61. The Kier molecular flexibility index (Phi) is 5.46. The molecule has 3 nitrogen and oxygen atoms in total. The van der Waals surface area contributed by atoms with Gasteiger partial charge in [-0.25, -0.2) is 4.99 Å². The number of hydrogen-bond donors (Lipinski definition) is 0. The van der Waals surface area contributed by atoms with E-state index < -0.39 is 0 Å². The number of hydrogen-bond acceptors (Lipinski definition) is 4. The van der Waals surface area contributed by atoms with Gasteiger partial charge in [-0.3, -0.25) is 0 Å². The average Bonchev–Trinajstić information content (AvgIpc) is 2.59. The topological polar surface area (TPSA) is 30.8 Å². The Hall–Kier alpha value is -1.94. The van der Waals surface area contributed by atoms with Crippen molar-refractivity contribution in [2.45, 2.75) is 37.2 Å². The second kappa shape index (κ2) is 7.75. The summed E-state index contributed by atoms with van der Waals surface area (Å²) in [6.45, 7) is 4.80. The normalized spacial score (nSPS) is 14.8. The number of thioether (sulfide) groups is 1. The third-order valence-electron chi connectivity index (χ3n) is 3.98. The molecule has 0 aromatic heterocycles. The molecule has 24 heavy (non-hydrogen) atoms. The van der Waals surface area contributed by atoms with Crippen LogP contribution in [-0.2, 0) is 10.3 Å². The summed E-state index contributed by atoms with van der Waals surface area (Å²) in [6, 6.07) is 16.5. The summed E-state index contributed by atoms with van der Waals surface area (Å²) in [5.74, 6) is 1.95. The van der Waals surface area contributed by atoms with Gasteiger partial charge in [0, 0.05) is 10.5 Å². The van der Waals surface area contributed by atoms with Gasteiger partial charge in [0.05, 0.1) is 6.61 Å². The lowest BCUT2D eigenvalue weighted by Gasteiger charge is -2.29. The van der Waals surface area contributed by atoms with Crippen molar-refractivity contribution in [3.8, 4) is 5.75 Å². The minimum Gasteiger partial charge on any atom is -0.491 e. The minimum absolute atomic E-state index is 0.358. The predicted molar refractivity (Wildman–Crippen MR) is 101 cm³/mol. The summed E-state index contributed by atoms with van der Waals surface area (Å²) >= 11 is 1.89. The van der Waals surface area contributed by atoms with Crippen LogP contribution in [0, 0.1) is 0 Å². The van der Waals surface area contributed by atoms with E-state index >= 15 is 0 Å². The lowest BCUT2D eigenvalue weighted by Crippen LogP contribution is -2.23. The average molecular weight is 341 g/mol. The molecule has 2 aromatic rings. The molecule has 0 bridgehead atoms.